The molecular weight excluding hydrogens is 434 g/mol. The minimum Gasteiger partial charge on any atom is -0.493 e. The molecule has 0 spiro atoms. The van der Waals surface area contributed by atoms with E-state index in [9.17, 15) is 4.79 Å². The third-order valence-corrected chi connectivity index (χ3v) is 8.68. The number of aldehydes is 1. The van der Waals surface area contributed by atoms with Gasteiger partial charge >= 0.3 is 0 Å². The SMILES string of the molecule is Nc1cc(N)cc(OCC2CCC(/C(F)=C(\F)C3CCC(C4CCC(C=O)CC4)CC3)CC2)c1. The van der Waals surface area contributed by atoms with Crippen LogP contribution in [0, 0.1) is 35.5 Å². The van der Waals surface area contributed by atoms with Crippen LogP contribution in [0.25, 0.3) is 0 Å². The van der Waals surface area contributed by atoms with Gasteiger partial charge in [0.1, 0.15) is 23.7 Å². The molecule has 3 aliphatic carbocycles. The third-order valence-electron chi connectivity index (χ3n) is 8.68. The normalized spacial score (nSPS) is 33.1. The van der Waals surface area contributed by atoms with Gasteiger partial charge in [-0.1, -0.05) is 0 Å². The Bertz CT molecular complexity index is 830. The van der Waals surface area contributed by atoms with Crippen molar-refractivity contribution in [2.45, 2.75) is 77.0 Å². The Hall–Kier alpha value is -2.11. The quantitative estimate of drug-likeness (QED) is 0.329. The van der Waals surface area contributed by atoms with E-state index in [1.54, 1.807) is 18.2 Å². The molecule has 3 aliphatic rings. The summed E-state index contributed by atoms with van der Waals surface area (Å²) < 4.78 is 36.0. The van der Waals surface area contributed by atoms with E-state index in [-0.39, 0.29) is 17.8 Å². The largest absolute Gasteiger partial charge is 0.493 e. The first-order chi connectivity index (χ1) is 16.4. The van der Waals surface area contributed by atoms with Gasteiger partial charge in [0.25, 0.3) is 0 Å². The van der Waals surface area contributed by atoms with Crippen molar-refractivity contribution in [2.24, 2.45) is 35.5 Å². The predicted molar refractivity (Wildman–Crippen MR) is 132 cm³/mol. The summed E-state index contributed by atoms with van der Waals surface area (Å²) in [6, 6.07) is 5.20. The second-order valence-corrected chi connectivity index (χ2v) is 11.0. The highest BCUT2D eigenvalue weighted by molar-refractivity contribution is 5.56. The number of allylic oxidation sites excluding steroid dienone is 2. The summed E-state index contributed by atoms with van der Waals surface area (Å²) in [4.78, 5) is 11.0. The highest BCUT2D eigenvalue weighted by Crippen LogP contribution is 2.45. The molecule has 0 aliphatic heterocycles. The number of carbonyl (C=O) groups is 1. The number of hydrogen-bond acceptors (Lipinski definition) is 4. The third kappa shape index (κ3) is 6.31. The van der Waals surface area contributed by atoms with Crippen molar-refractivity contribution in [1.82, 2.24) is 0 Å². The maximum absolute atomic E-state index is 15.1. The lowest BCUT2D eigenvalue weighted by molar-refractivity contribution is -0.112. The maximum Gasteiger partial charge on any atom is 0.135 e. The smallest absolute Gasteiger partial charge is 0.135 e. The van der Waals surface area contributed by atoms with E-state index in [0.29, 0.717) is 54.3 Å². The Morgan fingerprint density at radius 3 is 1.74 bits per heavy atom. The highest BCUT2D eigenvalue weighted by atomic mass is 19.2. The lowest BCUT2D eigenvalue weighted by Crippen LogP contribution is -2.27. The van der Waals surface area contributed by atoms with Crippen LogP contribution in [0.5, 0.6) is 5.75 Å². The fourth-order valence-corrected chi connectivity index (χ4v) is 6.51. The van der Waals surface area contributed by atoms with E-state index < -0.39 is 11.7 Å². The van der Waals surface area contributed by atoms with E-state index >= 15 is 8.78 Å². The van der Waals surface area contributed by atoms with Crippen LogP contribution >= 0.6 is 0 Å². The molecule has 0 unspecified atom stereocenters. The van der Waals surface area contributed by atoms with Crippen LogP contribution < -0.4 is 16.2 Å². The van der Waals surface area contributed by atoms with Crippen molar-refractivity contribution in [3.8, 4) is 5.75 Å². The number of nitrogens with two attached hydrogens (primary N) is 2. The van der Waals surface area contributed by atoms with Crippen molar-refractivity contribution in [3.63, 3.8) is 0 Å². The van der Waals surface area contributed by atoms with Crippen LogP contribution in [-0.4, -0.2) is 12.9 Å². The fourth-order valence-electron chi connectivity index (χ4n) is 6.51. The molecule has 0 heterocycles. The molecule has 6 heteroatoms. The molecule has 3 saturated carbocycles. The zero-order valence-electron chi connectivity index (χ0n) is 20.2. The second-order valence-electron chi connectivity index (χ2n) is 11.0. The number of anilines is 2. The fraction of sp³-hybridized carbons (Fsp3) is 0.679. The molecule has 0 atom stereocenters. The van der Waals surface area contributed by atoms with Gasteiger partial charge in [-0.05, 0) is 101 Å². The van der Waals surface area contributed by atoms with Gasteiger partial charge in [-0.15, -0.1) is 0 Å². The number of carbonyl (C=O) groups excluding carboxylic acids is 1. The first kappa shape index (κ1) is 25.0. The Morgan fingerprint density at radius 1 is 0.765 bits per heavy atom. The summed E-state index contributed by atoms with van der Waals surface area (Å²) in [6.07, 6.45) is 11.8. The molecule has 4 rings (SSSR count). The highest BCUT2D eigenvalue weighted by Gasteiger charge is 2.34. The summed E-state index contributed by atoms with van der Waals surface area (Å²) in [5.41, 5.74) is 12.8. The van der Waals surface area contributed by atoms with Crippen LogP contribution in [0.1, 0.15) is 77.0 Å². The molecule has 34 heavy (non-hydrogen) atoms. The van der Waals surface area contributed by atoms with Crippen molar-refractivity contribution in [1.29, 1.82) is 0 Å². The molecule has 0 amide bonds. The van der Waals surface area contributed by atoms with Crippen molar-refractivity contribution in [2.75, 3.05) is 18.1 Å². The maximum atomic E-state index is 15.1. The number of rotatable bonds is 7. The minimum atomic E-state index is -0.488. The monoisotopic (exact) mass is 474 g/mol. The van der Waals surface area contributed by atoms with Gasteiger partial charge in [0.15, 0.2) is 0 Å². The molecule has 1 aromatic rings. The second kappa shape index (κ2) is 11.5. The summed E-state index contributed by atoms with van der Waals surface area (Å²) in [5, 5.41) is 0. The average Bonchev–Trinajstić information content (AvgIpc) is 2.86. The number of halogens is 2. The minimum absolute atomic E-state index is 0.236. The van der Waals surface area contributed by atoms with E-state index in [1.165, 1.54) is 0 Å². The van der Waals surface area contributed by atoms with Gasteiger partial charge in [0.05, 0.1) is 6.61 Å². The molecule has 188 valence electrons. The molecular formula is C28H40F2N2O2. The summed E-state index contributed by atoms with van der Waals surface area (Å²) >= 11 is 0. The Kier molecular flexibility index (Phi) is 8.49. The van der Waals surface area contributed by atoms with Crippen LogP contribution in [0.15, 0.2) is 29.9 Å². The lowest BCUT2D eigenvalue weighted by Gasteiger charge is -2.37. The standard InChI is InChI=1S/C28H40F2N2O2/c29-27(22-7-3-19(4-8-22)17-34-26-14-24(31)13-25(32)15-26)28(30)23-11-9-21(10-12-23)20-5-1-18(16-33)2-6-20/h13-16,18-23H,1-12,17,31-32H2/b28-27+. The summed E-state index contributed by atoms with van der Waals surface area (Å²) in [5.74, 6) is 0.994. The first-order valence-electron chi connectivity index (χ1n) is 13.2. The van der Waals surface area contributed by atoms with Crippen molar-refractivity contribution >= 4 is 17.7 Å². The van der Waals surface area contributed by atoms with Crippen LogP contribution in [-0.2, 0) is 4.79 Å². The number of nitrogen functional groups attached to an aromatic ring is 2. The van der Waals surface area contributed by atoms with Crippen LogP contribution in [0.3, 0.4) is 0 Å². The van der Waals surface area contributed by atoms with Gasteiger partial charge < -0.3 is 21.0 Å². The van der Waals surface area contributed by atoms with Gasteiger partial charge in [0.2, 0.25) is 0 Å². The first-order valence-corrected chi connectivity index (χ1v) is 13.2. The van der Waals surface area contributed by atoms with Crippen molar-refractivity contribution < 1.29 is 18.3 Å². The summed E-state index contributed by atoms with van der Waals surface area (Å²) in [7, 11) is 0. The molecule has 0 aromatic heterocycles. The molecule has 0 radical (unpaired) electrons. The number of ether oxygens (including phenoxy) is 1. The molecule has 0 bridgehead atoms. The number of benzene rings is 1. The molecule has 4 nitrogen and oxygen atoms in total. The average molecular weight is 475 g/mol. The zero-order valence-corrected chi connectivity index (χ0v) is 20.2. The molecule has 0 saturated heterocycles. The van der Waals surface area contributed by atoms with Gasteiger partial charge in [-0.25, -0.2) is 8.78 Å². The van der Waals surface area contributed by atoms with E-state index in [1.807, 2.05) is 0 Å². The lowest BCUT2D eigenvalue weighted by atomic mass is 9.69. The summed E-state index contributed by atoms with van der Waals surface area (Å²) in [6.45, 7) is 0.544. The Balaban J connectivity index is 1.21. The van der Waals surface area contributed by atoms with E-state index in [2.05, 4.69) is 0 Å². The topological polar surface area (TPSA) is 78.3 Å². The Labute approximate surface area is 202 Å². The van der Waals surface area contributed by atoms with E-state index in [4.69, 9.17) is 16.2 Å². The Morgan fingerprint density at radius 2 is 1.24 bits per heavy atom. The molecule has 3 fully saturated rings. The van der Waals surface area contributed by atoms with E-state index in [0.717, 1.165) is 70.5 Å². The molecule has 1 aromatic carbocycles. The molecule has 4 N–H and O–H groups in total. The zero-order chi connectivity index (χ0) is 24.1. The van der Waals surface area contributed by atoms with Crippen molar-refractivity contribution in [3.05, 3.63) is 29.9 Å². The van der Waals surface area contributed by atoms with Gasteiger partial charge in [-0.2, -0.15) is 0 Å². The predicted octanol–water partition coefficient (Wildman–Crippen LogP) is 7.00. The van der Waals surface area contributed by atoms with Crippen LogP contribution in [0.4, 0.5) is 20.2 Å². The van der Waals surface area contributed by atoms with Gasteiger partial charge in [-0.3, -0.25) is 0 Å². The number of hydrogen-bond donors (Lipinski definition) is 2. The van der Waals surface area contributed by atoms with Crippen LogP contribution in [0.2, 0.25) is 0 Å². The van der Waals surface area contributed by atoms with Gasteiger partial charge in [0, 0.05) is 41.3 Å².